The predicted molar refractivity (Wildman–Crippen MR) is 72.5 cm³/mol. The summed E-state index contributed by atoms with van der Waals surface area (Å²) in [7, 11) is 0. The highest BCUT2D eigenvalue weighted by Crippen LogP contribution is 2.39. The molecule has 0 spiro atoms. The molecule has 0 aromatic heterocycles. The lowest BCUT2D eigenvalue weighted by Gasteiger charge is -2.31. The van der Waals surface area contributed by atoms with Crippen LogP contribution in [0.2, 0.25) is 0 Å². The predicted octanol–water partition coefficient (Wildman–Crippen LogP) is 4.07. The van der Waals surface area contributed by atoms with Gasteiger partial charge in [-0.15, -0.1) is 0 Å². The van der Waals surface area contributed by atoms with E-state index in [0.717, 1.165) is 18.4 Å². The molecule has 0 bridgehead atoms. The summed E-state index contributed by atoms with van der Waals surface area (Å²) >= 11 is 3.50. The van der Waals surface area contributed by atoms with Crippen molar-refractivity contribution in [3.8, 4) is 0 Å². The fraction of sp³-hybridized carbons (Fsp3) is 0.571. The molecule has 1 aliphatic rings. The minimum Gasteiger partial charge on any atom is -0.330 e. The van der Waals surface area contributed by atoms with Crippen molar-refractivity contribution in [2.45, 2.75) is 38.0 Å². The quantitative estimate of drug-likeness (QED) is 0.888. The standard InChI is InChI=1S/C14H20BrN/c15-13-7-5-12(6-8-13)14-4-2-1-3-11(14)9-10-16/h5-8,11,14H,1-4,9-10,16H2. The van der Waals surface area contributed by atoms with E-state index in [2.05, 4.69) is 40.2 Å². The van der Waals surface area contributed by atoms with Gasteiger partial charge in [0.2, 0.25) is 0 Å². The van der Waals surface area contributed by atoms with Crippen molar-refractivity contribution in [1.29, 1.82) is 0 Å². The molecule has 2 N–H and O–H groups in total. The summed E-state index contributed by atoms with van der Waals surface area (Å²) in [5.74, 6) is 1.55. The van der Waals surface area contributed by atoms with Crippen LogP contribution in [0.1, 0.15) is 43.6 Å². The van der Waals surface area contributed by atoms with Crippen LogP contribution in [0.25, 0.3) is 0 Å². The van der Waals surface area contributed by atoms with Crippen LogP contribution in [-0.4, -0.2) is 6.54 Å². The third kappa shape index (κ3) is 2.86. The Hall–Kier alpha value is -0.340. The van der Waals surface area contributed by atoms with E-state index in [0.29, 0.717) is 0 Å². The van der Waals surface area contributed by atoms with Gasteiger partial charge in [0.05, 0.1) is 0 Å². The van der Waals surface area contributed by atoms with Gasteiger partial charge in [0.25, 0.3) is 0 Å². The van der Waals surface area contributed by atoms with E-state index in [1.54, 1.807) is 0 Å². The molecule has 1 nitrogen and oxygen atoms in total. The number of hydrogen-bond acceptors (Lipinski definition) is 1. The molecular weight excluding hydrogens is 262 g/mol. The first-order valence-corrected chi connectivity index (χ1v) is 7.06. The van der Waals surface area contributed by atoms with Gasteiger partial charge < -0.3 is 5.73 Å². The second kappa shape index (κ2) is 5.83. The molecular formula is C14H20BrN. The first-order chi connectivity index (χ1) is 7.81. The van der Waals surface area contributed by atoms with Crippen molar-refractivity contribution in [3.63, 3.8) is 0 Å². The number of benzene rings is 1. The zero-order valence-corrected chi connectivity index (χ0v) is 11.2. The average molecular weight is 282 g/mol. The fourth-order valence-electron chi connectivity index (χ4n) is 2.92. The van der Waals surface area contributed by atoms with Gasteiger partial charge in [0.1, 0.15) is 0 Å². The average Bonchev–Trinajstić information content (AvgIpc) is 2.32. The Kier molecular flexibility index (Phi) is 4.42. The molecule has 16 heavy (non-hydrogen) atoms. The molecule has 88 valence electrons. The molecule has 0 amide bonds. The highest BCUT2D eigenvalue weighted by molar-refractivity contribution is 9.10. The van der Waals surface area contributed by atoms with E-state index < -0.39 is 0 Å². The summed E-state index contributed by atoms with van der Waals surface area (Å²) in [6.07, 6.45) is 6.64. The summed E-state index contributed by atoms with van der Waals surface area (Å²) < 4.78 is 1.17. The number of nitrogens with two attached hydrogens (primary N) is 1. The van der Waals surface area contributed by atoms with Crippen LogP contribution in [-0.2, 0) is 0 Å². The minimum absolute atomic E-state index is 0.741. The highest BCUT2D eigenvalue weighted by Gasteiger charge is 2.25. The van der Waals surface area contributed by atoms with Crippen LogP contribution >= 0.6 is 15.9 Å². The van der Waals surface area contributed by atoms with Crippen LogP contribution in [0.5, 0.6) is 0 Å². The first kappa shape index (κ1) is 12.1. The highest BCUT2D eigenvalue weighted by atomic mass is 79.9. The van der Waals surface area contributed by atoms with Gasteiger partial charge in [-0.1, -0.05) is 40.9 Å². The van der Waals surface area contributed by atoms with Gasteiger partial charge in [-0.05, 0) is 55.3 Å². The lowest BCUT2D eigenvalue weighted by atomic mass is 9.74. The zero-order valence-electron chi connectivity index (χ0n) is 9.66. The topological polar surface area (TPSA) is 26.0 Å². The van der Waals surface area contributed by atoms with Crippen LogP contribution in [0.15, 0.2) is 28.7 Å². The molecule has 2 atom stereocenters. The van der Waals surface area contributed by atoms with Crippen molar-refractivity contribution in [2.24, 2.45) is 11.7 Å². The molecule has 0 heterocycles. The molecule has 2 unspecified atom stereocenters. The summed E-state index contributed by atoms with van der Waals surface area (Å²) in [5, 5.41) is 0. The summed E-state index contributed by atoms with van der Waals surface area (Å²) in [6.45, 7) is 0.831. The SMILES string of the molecule is NCCC1CCCCC1c1ccc(Br)cc1. The third-order valence-electron chi connectivity index (χ3n) is 3.74. The van der Waals surface area contributed by atoms with Gasteiger partial charge in [0, 0.05) is 4.47 Å². The molecule has 2 rings (SSSR count). The Bertz CT molecular complexity index is 318. The largest absolute Gasteiger partial charge is 0.330 e. The van der Waals surface area contributed by atoms with E-state index in [-0.39, 0.29) is 0 Å². The van der Waals surface area contributed by atoms with Gasteiger partial charge in [-0.2, -0.15) is 0 Å². The molecule has 1 aromatic carbocycles. The minimum atomic E-state index is 0.741. The smallest absolute Gasteiger partial charge is 0.0175 e. The first-order valence-electron chi connectivity index (χ1n) is 6.27. The van der Waals surface area contributed by atoms with Crippen LogP contribution in [0.4, 0.5) is 0 Å². The van der Waals surface area contributed by atoms with Crippen molar-refractivity contribution in [1.82, 2.24) is 0 Å². The Morgan fingerprint density at radius 1 is 1.12 bits per heavy atom. The normalized spacial score (nSPS) is 25.6. The lowest BCUT2D eigenvalue weighted by molar-refractivity contribution is 0.294. The van der Waals surface area contributed by atoms with E-state index in [1.165, 1.54) is 42.1 Å². The summed E-state index contributed by atoms with van der Waals surface area (Å²) in [5.41, 5.74) is 7.22. The van der Waals surface area contributed by atoms with E-state index >= 15 is 0 Å². The number of halogens is 1. The monoisotopic (exact) mass is 281 g/mol. The molecule has 1 aromatic rings. The summed E-state index contributed by atoms with van der Waals surface area (Å²) in [6, 6.07) is 8.85. The van der Waals surface area contributed by atoms with Crippen molar-refractivity contribution in [2.75, 3.05) is 6.54 Å². The maximum absolute atomic E-state index is 5.72. The molecule has 1 aliphatic carbocycles. The molecule has 0 saturated heterocycles. The van der Waals surface area contributed by atoms with Crippen LogP contribution in [0.3, 0.4) is 0 Å². The third-order valence-corrected chi connectivity index (χ3v) is 4.27. The van der Waals surface area contributed by atoms with Gasteiger partial charge >= 0.3 is 0 Å². The molecule has 0 aliphatic heterocycles. The van der Waals surface area contributed by atoms with E-state index in [9.17, 15) is 0 Å². The lowest BCUT2D eigenvalue weighted by Crippen LogP contribution is -2.20. The molecule has 1 saturated carbocycles. The second-order valence-electron chi connectivity index (χ2n) is 4.78. The Labute approximate surface area is 107 Å². The van der Waals surface area contributed by atoms with Crippen molar-refractivity contribution < 1.29 is 0 Å². The maximum atomic E-state index is 5.72. The number of rotatable bonds is 3. The second-order valence-corrected chi connectivity index (χ2v) is 5.70. The van der Waals surface area contributed by atoms with E-state index in [1.807, 2.05) is 0 Å². The Morgan fingerprint density at radius 3 is 2.50 bits per heavy atom. The molecule has 1 fully saturated rings. The van der Waals surface area contributed by atoms with Gasteiger partial charge in [-0.3, -0.25) is 0 Å². The Balaban J connectivity index is 2.13. The zero-order chi connectivity index (χ0) is 11.4. The fourth-order valence-corrected chi connectivity index (χ4v) is 3.18. The van der Waals surface area contributed by atoms with Crippen LogP contribution in [0, 0.1) is 5.92 Å². The molecule has 2 heteroatoms. The van der Waals surface area contributed by atoms with Gasteiger partial charge in [-0.25, -0.2) is 0 Å². The van der Waals surface area contributed by atoms with Crippen molar-refractivity contribution in [3.05, 3.63) is 34.3 Å². The van der Waals surface area contributed by atoms with Gasteiger partial charge in [0.15, 0.2) is 0 Å². The number of hydrogen-bond donors (Lipinski definition) is 1. The maximum Gasteiger partial charge on any atom is 0.0175 e. The van der Waals surface area contributed by atoms with E-state index in [4.69, 9.17) is 5.73 Å². The van der Waals surface area contributed by atoms with Crippen molar-refractivity contribution >= 4 is 15.9 Å². The Morgan fingerprint density at radius 2 is 1.81 bits per heavy atom. The molecule has 0 radical (unpaired) electrons. The van der Waals surface area contributed by atoms with Crippen LogP contribution < -0.4 is 5.73 Å². The summed E-state index contributed by atoms with van der Waals surface area (Å²) in [4.78, 5) is 0.